The maximum absolute atomic E-state index is 12.2. The van der Waals surface area contributed by atoms with Crippen LogP contribution in [0, 0.1) is 11.3 Å². The van der Waals surface area contributed by atoms with E-state index >= 15 is 0 Å². The number of rotatable bonds is 3. The number of aliphatic hydroxyl groups is 1. The quantitative estimate of drug-likeness (QED) is 0.494. The fraction of sp³-hybridized carbons (Fsp3) is 0.800. The lowest BCUT2D eigenvalue weighted by Crippen LogP contribution is -2.49. The summed E-state index contributed by atoms with van der Waals surface area (Å²) in [4.78, 5) is 12.2. The van der Waals surface area contributed by atoms with Gasteiger partial charge in [0.25, 0.3) is 0 Å². The number of fused-ring (bicyclic) bond motifs is 1. The van der Waals surface area contributed by atoms with E-state index in [2.05, 4.69) is 33.9 Å². The number of cyclic esters (lactones) is 1. The monoisotopic (exact) mass is 298 g/mol. The third-order valence-corrected chi connectivity index (χ3v) is 9.81. The lowest BCUT2D eigenvalue weighted by molar-refractivity contribution is -0.148. The van der Waals surface area contributed by atoms with Crippen LogP contribution in [0.5, 0.6) is 0 Å². The van der Waals surface area contributed by atoms with Crippen molar-refractivity contribution in [1.82, 2.24) is 0 Å². The maximum Gasteiger partial charge on any atom is 0.315 e. The van der Waals surface area contributed by atoms with E-state index in [9.17, 15) is 9.90 Å². The summed E-state index contributed by atoms with van der Waals surface area (Å²) in [6.45, 7) is 13.1. The highest BCUT2D eigenvalue weighted by Gasteiger charge is 2.60. The lowest BCUT2D eigenvalue weighted by atomic mass is 9.78. The predicted molar refractivity (Wildman–Crippen MR) is 79.8 cm³/mol. The molecular weight excluding hydrogens is 272 g/mol. The molecule has 114 valence electrons. The molecule has 1 N–H and O–H groups in total. The first-order chi connectivity index (χ1) is 9.04. The molecule has 0 amide bonds. The summed E-state index contributed by atoms with van der Waals surface area (Å²) >= 11 is 0. The fourth-order valence-electron chi connectivity index (χ4n) is 2.73. The van der Waals surface area contributed by atoms with E-state index < -0.39 is 13.7 Å². The molecule has 1 aliphatic carbocycles. The van der Waals surface area contributed by atoms with E-state index in [1.165, 1.54) is 0 Å². The first-order valence-corrected chi connectivity index (χ1v) is 10.1. The summed E-state index contributed by atoms with van der Waals surface area (Å²) in [7, 11) is -1.98. The van der Waals surface area contributed by atoms with Gasteiger partial charge in [-0.25, -0.2) is 0 Å². The number of esters is 1. The maximum atomic E-state index is 12.2. The van der Waals surface area contributed by atoms with Crippen LogP contribution in [-0.2, 0) is 14.0 Å². The Morgan fingerprint density at radius 3 is 2.60 bits per heavy atom. The minimum Gasteiger partial charge on any atom is -0.464 e. The van der Waals surface area contributed by atoms with Crippen LogP contribution in [-0.4, -0.2) is 38.7 Å². The number of hydrogen-bond acceptors (Lipinski definition) is 4. The summed E-state index contributed by atoms with van der Waals surface area (Å²) in [5.74, 6) is -0.249. The molecule has 1 aliphatic heterocycles. The lowest BCUT2D eigenvalue weighted by Gasteiger charge is -2.41. The van der Waals surface area contributed by atoms with E-state index in [1.54, 1.807) is 0 Å². The van der Waals surface area contributed by atoms with Crippen molar-refractivity contribution in [3.8, 4) is 0 Å². The summed E-state index contributed by atoms with van der Waals surface area (Å²) in [5.41, 5.74) is 0.204. The first-order valence-electron chi connectivity index (χ1n) is 7.20. The van der Waals surface area contributed by atoms with Crippen molar-refractivity contribution in [2.75, 3.05) is 13.2 Å². The topological polar surface area (TPSA) is 55.8 Å². The smallest absolute Gasteiger partial charge is 0.315 e. The Morgan fingerprint density at radius 2 is 2.10 bits per heavy atom. The number of aliphatic hydroxyl groups excluding tert-OH is 1. The molecule has 2 rings (SSSR count). The number of ether oxygens (including phenoxy) is 1. The van der Waals surface area contributed by atoms with Gasteiger partial charge in [0, 0.05) is 5.92 Å². The Labute approximate surface area is 122 Å². The molecule has 0 aromatic carbocycles. The van der Waals surface area contributed by atoms with Gasteiger partial charge in [0.05, 0.1) is 19.3 Å². The van der Waals surface area contributed by atoms with Crippen LogP contribution in [0.1, 0.15) is 27.7 Å². The highest BCUT2D eigenvalue weighted by Crippen LogP contribution is 2.51. The van der Waals surface area contributed by atoms with Gasteiger partial charge in [-0.15, -0.1) is 0 Å². The molecule has 3 atom stereocenters. The normalized spacial score (nSPS) is 34.0. The van der Waals surface area contributed by atoms with Gasteiger partial charge in [-0.05, 0) is 30.6 Å². The van der Waals surface area contributed by atoms with Crippen molar-refractivity contribution in [3.63, 3.8) is 0 Å². The second kappa shape index (κ2) is 4.68. The van der Waals surface area contributed by atoms with E-state index in [0.717, 1.165) is 5.57 Å². The molecule has 0 radical (unpaired) electrons. The molecule has 1 heterocycles. The molecule has 0 aromatic rings. The Kier molecular flexibility index (Phi) is 3.68. The Hall–Kier alpha value is -0.653. The number of hydrogen-bond donors (Lipinski definition) is 1. The van der Waals surface area contributed by atoms with Crippen LogP contribution in [0.2, 0.25) is 18.1 Å². The fourth-order valence-corrected chi connectivity index (χ4v) is 4.03. The van der Waals surface area contributed by atoms with Gasteiger partial charge in [-0.3, -0.25) is 4.79 Å². The summed E-state index contributed by atoms with van der Waals surface area (Å²) < 4.78 is 11.7. The van der Waals surface area contributed by atoms with E-state index in [1.807, 2.05) is 13.0 Å². The summed E-state index contributed by atoms with van der Waals surface area (Å²) in [5, 5.41) is 9.59. The molecule has 0 saturated carbocycles. The van der Waals surface area contributed by atoms with Crippen molar-refractivity contribution in [3.05, 3.63) is 11.6 Å². The van der Waals surface area contributed by atoms with E-state index in [0.29, 0.717) is 6.61 Å². The van der Waals surface area contributed by atoms with Crippen molar-refractivity contribution >= 4 is 14.3 Å². The Bertz CT molecular complexity index is 449. The second-order valence-corrected chi connectivity index (χ2v) is 12.4. The molecule has 20 heavy (non-hydrogen) atoms. The first kappa shape index (κ1) is 15.7. The molecular formula is C15H26O4Si. The zero-order chi connectivity index (χ0) is 15.3. The zero-order valence-corrected chi connectivity index (χ0v) is 14.3. The Balaban J connectivity index is 2.32. The molecule has 0 aromatic heterocycles. The van der Waals surface area contributed by atoms with Gasteiger partial charge in [-0.2, -0.15) is 0 Å². The van der Waals surface area contributed by atoms with Crippen LogP contribution in [0.25, 0.3) is 0 Å². The third kappa shape index (κ3) is 2.16. The van der Waals surface area contributed by atoms with Crippen molar-refractivity contribution in [2.45, 2.75) is 51.9 Å². The van der Waals surface area contributed by atoms with E-state index in [-0.39, 0.29) is 29.6 Å². The van der Waals surface area contributed by atoms with E-state index in [4.69, 9.17) is 9.16 Å². The summed E-state index contributed by atoms with van der Waals surface area (Å²) in [6, 6.07) is 0. The highest BCUT2D eigenvalue weighted by molar-refractivity contribution is 6.74. The SMILES string of the molecule is CC(C)(C)[Si](C)(C)O[C@H]1C=C(CO)C2COC(=O)[C@@]21C. The average molecular weight is 298 g/mol. The third-order valence-electron chi connectivity index (χ3n) is 5.36. The zero-order valence-electron chi connectivity index (χ0n) is 13.3. The Morgan fingerprint density at radius 1 is 1.50 bits per heavy atom. The van der Waals surface area contributed by atoms with Crippen LogP contribution in [0.15, 0.2) is 11.6 Å². The molecule has 4 nitrogen and oxygen atoms in total. The van der Waals surface area contributed by atoms with Gasteiger partial charge in [0.2, 0.25) is 0 Å². The van der Waals surface area contributed by atoms with Gasteiger partial charge < -0.3 is 14.3 Å². The minimum atomic E-state index is -1.98. The molecule has 2 aliphatic rings. The molecule has 1 unspecified atom stereocenters. The standard InChI is InChI=1S/C15H26O4Si/c1-14(2,3)20(5,6)19-12-7-10(8-16)11-9-18-13(17)15(11,12)4/h7,11-12,16H,8-9H2,1-6H3/t11?,12-,15-/m0/s1. The summed E-state index contributed by atoms with van der Waals surface area (Å²) in [6.07, 6.45) is 1.66. The molecule has 0 bridgehead atoms. The number of carbonyl (C=O) groups excluding carboxylic acids is 1. The van der Waals surface area contributed by atoms with Crippen LogP contribution >= 0.6 is 0 Å². The number of carbonyl (C=O) groups is 1. The van der Waals surface area contributed by atoms with Crippen LogP contribution < -0.4 is 0 Å². The van der Waals surface area contributed by atoms with Gasteiger partial charge in [0.15, 0.2) is 8.32 Å². The molecule has 1 saturated heterocycles. The average Bonchev–Trinajstić information content (AvgIpc) is 2.74. The van der Waals surface area contributed by atoms with Gasteiger partial charge in [0.1, 0.15) is 5.41 Å². The molecule has 0 spiro atoms. The predicted octanol–water partition coefficient (Wildman–Crippen LogP) is 2.49. The van der Waals surface area contributed by atoms with Crippen molar-refractivity contribution in [1.29, 1.82) is 0 Å². The highest BCUT2D eigenvalue weighted by atomic mass is 28.4. The minimum absolute atomic E-state index is 0.0335. The van der Waals surface area contributed by atoms with Crippen molar-refractivity contribution < 1.29 is 19.1 Å². The van der Waals surface area contributed by atoms with Gasteiger partial charge >= 0.3 is 5.97 Å². The second-order valence-electron chi connectivity index (χ2n) is 7.63. The molecule has 1 fully saturated rings. The van der Waals surface area contributed by atoms with Crippen molar-refractivity contribution in [2.24, 2.45) is 11.3 Å². The van der Waals surface area contributed by atoms with Crippen LogP contribution in [0.4, 0.5) is 0 Å². The van der Waals surface area contributed by atoms with Crippen LogP contribution in [0.3, 0.4) is 0 Å². The van der Waals surface area contributed by atoms with Gasteiger partial charge in [-0.1, -0.05) is 26.8 Å². The molecule has 5 heteroatoms. The largest absolute Gasteiger partial charge is 0.464 e.